The van der Waals surface area contributed by atoms with E-state index in [0.717, 1.165) is 19.4 Å². The predicted molar refractivity (Wildman–Crippen MR) is 84.6 cm³/mol. The van der Waals surface area contributed by atoms with E-state index in [1.165, 1.54) is 19.0 Å². The van der Waals surface area contributed by atoms with Gasteiger partial charge in [-0.05, 0) is 48.5 Å². The van der Waals surface area contributed by atoms with Crippen molar-refractivity contribution in [2.75, 3.05) is 11.4 Å². The molecule has 2 atom stereocenters. The van der Waals surface area contributed by atoms with Crippen molar-refractivity contribution >= 4 is 27.3 Å². The number of anilines is 1. The summed E-state index contributed by atoms with van der Waals surface area (Å²) in [6.07, 6.45) is 7.53. The molecule has 0 saturated carbocycles. The van der Waals surface area contributed by atoms with E-state index in [1.807, 2.05) is 0 Å². The number of fused-ring (bicyclic) bond motifs is 2. The van der Waals surface area contributed by atoms with E-state index in [9.17, 15) is 10.1 Å². The third kappa shape index (κ3) is 2.76. The Bertz CT molecular complexity index is 542. The molecule has 0 spiro atoms. The van der Waals surface area contributed by atoms with Gasteiger partial charge in [0.25, 0.3) is 0 Å². The van der Waals surface area contributed by atoms with Gasteiger partial charge in [-0.1, -0.05) is 0 Å². The second-order valence-electron chi connectivity index (χ2n) is 5.80. The topological polar surface area (TPSA) is 71.3 Å². The van der Waals surface area contributed by atoms with Crippen LogP contribution in [0.5, 0.6) is 0 Å². The molecule has 1 aromatic heterocycles. The summed E-state index contributed by atoms with van der Waals surface area (Å²) < 4.78 is 0.699. The first-order valence-electron chi connectivity index (χ1n) is 7.40. The highest BCUT2D eigenvalue weighted by atomic mass is 79.9. The van der Waals surface area contributed by atoms with Gasteiger partial charge < -0.3 is 10.2 Å². The summed E-state index contributed by atoms with van der Waals surface area (Å²) in [4.78, 5) is 17.1. The summed E-state index contributed by atoms with van der Waals surface area (Å²) in [5.41, 5.74) is 0.751. The van der Waals surface area contributed by atoms with E-state index in [1.54, 1.807) is 6.20 Å². The van der Waals surface area contributed by atoms with Crippen molar-refractivity contribution in [3.8, 4) is 0 Å². The lowest BCUT2D eigenvalue weighted by Gasteiger charge is -2.38. The van der Waals surface area contributed by atoms with Crippen LogP contribution in [0.3, 0.4) is 0 Å². The molecule has 3 heterocycles. The number of pyridine rings is 1. The van der Waals surface area contributed by atoms with Gasteiger partial charge in [-0.2, -0.15) is 0 Å². The van der Waals surface area contributed by atoms with Gasteiger partial charge in [0.05, 0.1) is 9.40 Å². The van der Waals surface area contributed by atoms with Crippen molar-refractivity contribution in [3.05, 3.63) is 27.0 Å². The zero-order chi connectivity index (χ0) is 15.0. The van der Waals surface area contributed by atoms with E-state index in [-0.39, 0.29) is 10.6 Å². The molecule has 2 aliphatic rings. The molecule has 6 nitrogen and oxygen atoms in total. The van der Waals surface area contributed by atoms with Crippen molar-refractivity contribution in [2.24, 2.45) is 0 Å². The van der Waals surface area contributed by atoms with Crippen LogP contribution in [0.2, 0.25) is 0 Å². The molecule has 2 saturated heterocycles. The second-order valence-corrected chi connectivity index (χ2v) is 6.65. The average Bonchev–Trinajstić information content (AvgIpc) is 2.80. The summed E-state index contributed by atoms with van der Waals surface area (Å²) >= 11 is 3.45. The molecule has 1 N–H and O–H groups in total. The molecule has 0 amide bonds. The first kappa shape index (κ1) is 14.7. The molecule has 7 heteroatoms. The summed E-state index contributed by atoms with van der Waals surface area (Å²) in [5.74, 6) is 0. The van der Waals surface area contributed by atoms with Crippen molar-refractivity contribution < 1.29 is 4.92 Å². The SMILES string of the molecule is CCN(c1c(Br)cncc1[N+](=O)[O-])C1CC2CCC(C1)N2. The van der Waals surface area contributed by atoms with Crippen LogP contribution in [0.15, 0.2) is 16.9 Å². The Morgan fingerprint density at radius 3 is 2.67 bits per heavy atom. The van der Waals surface area contributed by atoms with Gasteiger partial charge in [-0.15, -0.1) is 0 Å². The largest absolute Gasteiger partial charge is 0.362 e. The van der Waals surface area contributed by atoms with Crippen LogP contribution in [-0.2, 0) is 0 Å². The summed E-state index contributed by atoms with van der Waals surface area (Å²) in [7, 11) is 0. The third-order valence-electron chi connectivity index (χ3n) is 4.57. The van der Waals surface area contributed by atoms with Gasteiger partial charge in [0.2, 0.25) is 0 Å². The Hall–Kier alpha value is -1.21. The molecule has 2 unspecified atom stereocenters. The molecule has 2 aliphatic heterocycles. The Kier molecular flexibility index (Phi) is 4.12. The number of rotatable bonds is 4. The Morgan fingerprint density at radius 1 is 1.43 bits per heavy atom. The minimum Gasteiger partial charge on any atom is -0.362 e. The van der Waals surface area contributed by atoms with Gasteiger partial charge in [0.15, 0.2) is 0 Å². The average molecular weight is 355 g/mol. The van der Waals surface area contributed by atoms with Gasteiger partial charge >= 0.3 is 5.69 Å². The molecule has 0 aliphatic carbocycles. The van der Waals surface area contributed by atoms with Gasteiger partial charge in [0, 0.05) is 30.9 Å². The number of hydrogen-bond acceptors (Lipinski definition) is 5. The number of hydrogen-bond donors (Lipinski definition) is 1. The molecule has 1 aromatic rings. The number of nitro groups is 1. The zero-order valence-corrected chi connectivity index (χ0v) is 13.5. The molecular weight excluding hydrogens is 336 g/mol. The van der Waals surface area contributed by atoms with Crippen LogP contribution in [0.25, 0.3) is 0 Å². The Morgan fingerprint density at radius 2 is 2.10 bits per heavy atom. The molecule has 114 valence electrons. The quantitative estimate of drug-likeness (QED) is 0.664. The van der Waals surface area contributed by atoms with Crippen molar-refractivity contribution in [2.45, 2.75) is 50.7 Å². The summed E-state index contributed by atoms with van der Waals surface area (Å²) in [6, 6.07) is 1.47. The van der Waals surface area contributed by atoms with Crippen LogP contribution in [0.4, 0.5) is 11.4 Å². The molecule has 0 aromatic carbocycles. The van der Waals surface area contributed by atoms with Gasteiger partial charge in [0.1, 0.15) is 11.9 Å². The maximum atomic E-state index is 11.3. The molecule has 0 radical (unpaired) electrons. The highest BCUT2D eigenvalue weighted by Crippen LogP contribution is 2.39. The lowest BCUT2D eigenvalue weighted by atomic mass is 9.97. The van der Waals surface area contributed by atoms with Crippen molar-refractivity contribution in [1.29, 1.82) is 0 Å². The lowest BCUT2D eigenvalue weighted by Crippen LogP contribution is -2.48. The van der Waals surface area contributed by atoms with Crippen LogP contribution < -0.4 is 10.2 Å². The standard InChI is InChI=1S/C14H19BrN4O2/c1-2-18(11-5-9-3-4-10(6-11)17-9)14-12(15)7-16-8-13(14)19(20)21/h7-11,17H,2-6H2,1H3. The number of halogens is 1. The first-order valence-corrected chi connectivity index (χ1v) is 8.20. The number of nitrogens with zero attached hydrogens (tertiary/aromatic N) is 3. The summed E-state index contributed by atoms with van der Waals surface area (Å²) in [6.45, 7) is 2.81. The Labute approximate surface area is 132 Å². The van der Waals surface area contributed by atoms with Crippen LogP contribution in [-0.4, -0.2) is 34.6 Å². The second kappa shape index (κ2) is 5.88. The molecule has 21 heavy (non-hydrogen) atoms. The fourth-order valence-electron chi connectivity index (χ4n) is 3.72. The van der Waals surface area contributed by atoms with E-state index >= 15 is 0 Å². The van der Waals surface area contributed by atoms with Gasteiger partial charge in [-0.25, -0.2) is 0 Å². The van der Waals surface area contributed by atoms with E-state index in [4.69, 9.17) is 0 Å². The smallest absolute Gasteiger partial charge is 0.311 e. The van der Waals surface area contributed by atoms with E-state index in [0.29, 0.717) is 28.3 Å². The van der Waals surface area contributed by atoms with Gasteiger partial charge in [-0.3, -0.25) is 15.1 Å². The highest BCUT2D eigenvalue weighted by Gasteiger charge is 2.37. The number of aromatic nitrogens is 1. The lowest BCUT2D eigenvalue weighted by molar-refractivity contribution is -0.384. The normalized spacial score (nSPS) is 27.6. The fourth-order valence-corrected chi connectivity index (χ4v) is 4.27. The van der Waals surface area contributed by atoms with Crippen molar-refractivity contribution in [1.82, 2.24) is 10.3 Å². The molecule has 2 bridgehead atoms. The van der Waals surface area contributed by atoms with E-state index in [2.05, 4.69) is 38.1 Å². The maximum absolute atomic E-state index is 11.3. The molecule has 3 rings (SSSR count). The molecular formula is C14H19BrN4O2. The number of piperidine rings is 1. The first-order chi connectivity index (χ1) is 10.1. The monoisotopic (exact) mass is 354 g/mol. The van der Waals surface area contributed by atoms with E-state index < -0.39 is 0 Å². The molecule has 2 fully saturated rings. The minimum atomic E-state index is -0.342. The predicted octanol–water partition coefficient (Wildman–Crippen LogP) is 2.86. The van der Waals surface area contributed by atoms with Crippen LogP contribution in [0.1, 0.15) is 32.6 Å². The number of nitrogens with one attached hydrogen (secondary N) is 1. The third-order valence-corrected chi connectivity index (χ3v) is 5.15. The van der Waals surface area contributed by atoms with Crippen LogP contribution >= 0.6 is 15.9 Å². The highest BCUT2D eigenvalue weighted by molar-refractivity contribution is 9.10. The zero-order valence-electron chi connectivity index (χ0n) is 12.0. The van der Waals surface area contributed by atoms with Crippen LogP contribution in [0, 0.1) is 10.1 Å². The minimum absolute atomic E-state index is 0.0807. The Balaban J connectivity index is 1.95. The van der Waals surface area contributed by atoms with Crippen molar-refractivity contribution in [3.63, 3.8) is 0 Å². The fraction of sp³-hybridized carbons (Fsp3) is 0.643. The maximum Gasteiger partial charge on any atom is 0.311 e. The summed E-state index contributed by atoms with van der Waals surface area (Å²) in [5, 5.41) is 14.9.